The van der Waals surface area contributed by atoms with Crippen LogP contribution < -0.4 is 10.2 Å². The number of benzene rings is 3. The minimum Gasteiger partial charge on any atom is -0.345 e. The lowest BCUT2D eigenvalue weighted by atomic mass is 9.80. The van der Waals surface area contributed by atoms with E-state index >= 15 is 0 Å². The molecule has 46 heavy (non-hydrogen) atoms. The van der Waals surface area contributed by atoms with Gasteiger partial charge in [0.2, 0.25) is 5.91 Å². The van der Waals surface area contributed by atoms with E-state index in [0.717, 1.165) is 18.2 Å². The first-order chi connectivity index (χ1) is 21.9. The molecule has 1 N–H and O–H groups in total. The van der Waals surface area contributed by atoms with Gasteiger partial charge >= 0.3 is 6.18 Å². The van der Waals surface area contributed by atoms with Gasteiger partial charge in [0.15, 0.2) is 0 Å². The molecular formula is C34H31F4N5O3. The fraction of sp³-hybridized carbons (Fsp3) is 0.235. The molecule has 12 heteroatoms. The van der Waals surface area contributed by atoms with Gasteiger partial charge in [-0.3, -0.25) is 19.3 Å². The summed E-state index contributed by atoms with van der Waals surface area (Å²) in [5.74, 6) is -2.65. The Morgan fingerprint density at radius 2 is 1.70 bits per heavy atom. The highest BCUT2D eigenvalue weighted by Gasteiger charge is 2.46. The Morgan fingerprint density at radius 3 is 2.33 bits per heavy atom. The second-order valence-electron chi connectivity index (χ2n) is 10.9. The van der Waals surface area contributed by atoms with Crippen LogP contribution in [-0.2, 0) is 22.2 Å². The van der Waals surface area contributed by atoms with Gasteiger partial charge in [-0.05, 0) is 61.0 Å². The van der Waals surface area contributed by atoms with Gasteiger partial charge in [-0.2, -0.15) is 18.3 Å². The summed E-state index contributed by atoms with van der Waals surface area (Å²) in [5.41, 5.74) is 0.874. The van der Waals surface area contributed by atoms with Gasteiger partial charge in [-0.15, -0.1) is 0 Å². The van der Waals surface area contributed by atoms with Crippen LogP contribution in [0.15, 0.2) is 91.0 Å². The zero-order valence-corrected chi connectivity index (χ0v) is 25.3. The second-order valence-corrected chi connectivity index (χ2v) is 10.9. The third kappa shape index (κ3) is 6.42. The highest BCUT2D eigenvalue weighted by Crippen LogP contribution is 2.44. The van der Waals surface area contributed by atoms with Crippen LogP contribution >= 0.6 is 0 Å². The predicted molar refractivity (Wildman–Crippen MR) is 164 cm³/mol. The Kier molecular flexibility index (Phi) is 9.08. The van der Waals surface area contributed by atoms with E-state index in [2.05, 4.69) is 5.32 Å². The van der Waals surface area contributed by atoms with Gasteiger partial charge in [0, 0.05) is 44.1 Å². The Hall–Kier alpha value is -5.26. The minimum atomic E-state index is -4.68. The molecule has 1 aliphatic heterocycles. The minimum absolute atomic E-state index is 0.166. The third-order valence-corrected chi connectivity index (χ3v) is 7.70. The van der Waals surface area contributed by atoms with Crippen molar-refractivity contribution >= 4 is 23.5 Å². The number of halogens is 4. The number of allylic oxidation sites excluding steroid dienone is 1. The number of nitrogens with zero attached hydrogens (tertiary/aromatic N) is 4. The van der Waals surface area contributed by atoms with E-state index in [4.69, 9.17) is 5.10 Å². The number of carbonyl (C=O) groups is 3. The van der Waals surface area contributed by atoms with E-state index in [1.807, 2.05) is 30.3 Å². The molecule has 0 aliphatic carbocycles. The Labute approximate surface area is 262 Å². The first-order valence-electron chi connectivity index (χ1n) is 14.5. The molecule has 0 bridgehead atoms. The van der Waals surface area contributed by atoms with Crippen molar-refractivity contribution in [3.05, 3.63) is 125 Å². The summed E-state index contributed by atoms with van der Waals surface area (Å²) in [6.07, 6.45) is -1.46. The van der Waals surface area contributed by atoms with Crippen LogP contribution in [0.3, 0.4) is 0 Å². The van der Waals surface area contributed by atoms with Gasteiger partial charge in [-0.25, -0.2) is 9.07 Å². The topological polar surface area (TPSA) is 87.5 Å². The molecular weight excluding hydrogens is 602 g/mol. The van der Waals surface area contributed by atoms with Crippen LogP contribution in [0.25, 0.3) is 5.69 Å². The van der Waals surface area contributed by atoms with Crippen molar-refractivity contribution in [2.75, 3.05) is 25.5 Å². The second kappa shape index (κ2) is 13.0. The molecule has 4 aromatic rings. The summed E-state index contributed by atoms with van der Waals surface area (Å²) in [5, 5.41) is 7.57. The van der Waals surface area contributed by atoms with Crippen molar-refractivity contribution < 1.29 is 31.9 Å². The Morgan fingerprint density at radius 1 is 1.00 bits per heavy atom. The summed E-state index contributed by atoms with van der Waals surface area (Å²) in [6, 6.07) is 17.2. The standard InChI is InChI=1S/C34H31F4N5O3/c1-4-42-32-29(26(14-9-15-27(44)41(2)3)40-43(32)25-12-6-5-7-13-25)28(21-16-18-24(35)19-17-21)30(33(42)46)39-31(45)22-10-8-11-23(20-22)34(36,37)38/h5-13,15-20,28,30H,4,14H2,1-3H3,(H,39,45)/b15-9+/t28-,30-/m0/s1. The molecule has 0 spiro atoms. The van der Waals surface area contributed by atoms with Crippen LogP contribution in [0.1, 0.15) is 45.6 Å². The Bertz CT molecular complexity index is 1780. The number of para-hydroxylation sites is 1. The van der Waals surface area contributed by atoms with E-state index in [-0.39, 0.29) is 24.4 Å². The molecule has 0 unspecified atom stereocenters. The number of rotatable bonds is 8. The van der Waals surface area contributed by atoms with Crippen molar-refractivity contribution in [2.24, 2.45) is 0 Å². The smallest absolute Gasteiger partial charge is 0.345 e. The molecule has 0 saturated carbocycles. The number of nitrogens with one attached hydrogen (secondary N) is 1. The largest absolute Gasteiger partial charge is 0.416 e. The summed E-state index contributed by atoms with van der Waals surface area (Å²) < 4.78 is 56.1. The highest BCUT2D eigenvalue weighted by atomic mass is 19.4. The number of hydrogen-bond donors (Lipinski definition) is 1. The maximum atomic E-state index is 14.3. The quantitative estimate of drug-likeness (QED) is 0.205. The molecule has 3 amide bonds. The molecule has 0 fully saturated rings. The van der Waals surface area contributed by atoms with Crippen molar-refractivity contribution in [3.8, 4) is 5.69 Å². The number of carbonyl (C=O) groups excluding carboxylic acids is 3. The molecule has 5 rings (SSSR count). The molecule has 1 aromatic heterocycles. The molecule has 1 aliphatic rings. The predicted octanol–water partition coefficient (Wildman–Crippen LogP) is 5.51. The lowest BCUT2D eigenvalue weighted by molar-refractivity contribution is -0.137. The zero-order chi connectivity index (χ0) is 33.2. The zero-order valence-electron chi connectivity index (χ0n) is 25.3. The Balaban J connectivity index is 1.69. The number of hydrogen-bond acceptors (Lipinski definition) is 4. The fourth-order valence-corrected chi connectivity index (χ4v) is 5.49. The number of aromatic nitrogens is 2. The normalized spacial score (nSPS) is 16.4. The SMILES string of the molecule is CCN1C(=O)[C@@H](NC(=O)c2cccc(C(F)(F)F)c2)[C@@H](c2ccc(F)cc2)c2c(C/C=C/C(=O)N(C)C)nn(-c3ccccc3)c21. The maximum Gasteiger partial charge on any atom is 0.416 e. The van der Waals surface area contributed by atoms with Gasteiger partial charge in [0.1, 0.15) is 17.7 Å². The molecule has 3 aromatic carbocycles. The van der Waals surface area contributed by atoms with Crippen LogP contribution in [0, 0.1) is 5.82 Å². The molecule has 2 atom stereocenters. The average Bonchev–Trinajstić information content (AvgIpc) is 3.40. The van der Waals surface area contributed by atoms with Gasteiger partial charge in [0.25, 0.3) is 11.8 Å². The summed E-state index contributed by atoms with van der Waals surface area (Å²) in [7, 11) is 3.23. The molecule has 8 nitrogen and oxygen atoms in total. The highest BCUT2D eigenvalue weighted by molar-refractivity contribution is 6.05. The van der Waals surface area contributed by atoms with Gasteiger partial charge in [0.05, 0.1) is 16.9 Å². The van der Waals surface area contributed by atoms with Crippen molar-refractivity contribution in [1.29, 1.82) is 0 Å². The number of likely N-dealkylation sites (N-methyl/N-ethyl adjacent to an activating group) is 2. The van der Waals surface area contributed by atoms with Crippen molar-refractivity contribution in [1.82, 2.24) is 20.0 Å². The summed E-state index contributed by atoms with van der Waals surface area (Å²) >= 11 is 0. The first-order valence-corrected chi connectivity index (χ1v) is 14.5. The average molecular weight is 634 g/mol. The van der Waals surface area contributed by atoms with E-state index < -0.39 is 41.3 Å². The summed E-state index contributed by atoms with van der Waals surface area (Å²) in [4.78, 5) is 43.0. The molecule has 0 saturated heterocycles. The maximum absolute atomic E-state index is 14.3. The first kappa shape index (κ1) is 32.1. The number of alkyl halides is 3. The third-order valence-electron chi connectivity index (χ3n) is 7.70. The van der Waals surface area contributed by atoms with E-state index in [1.54, 1.807) is 31.8 Å². The molecule has 0 radical (unpaired) electrons. The molecule has 2 heterocycles. The molecule has 238 valence electrons. The number of amides is 3. The van der Waals surface area contributed by atoms with E-state index in [9.17, 15) is 31.9 Å². The van der Waals surface area contributed by atoms with Gasteiger partial charge in [-0.1, -0.05) is 42.5 Å². The van der Waals surface area contributed by atoms with Crippen molar-refractivity contribution in [3.63, 3.8) is 0 Å². The van der Waals surface area contributed by atoms with E-state index in [0.29, 0.717) is 28.3 Å². The lowest BCUT2D eigenvalue weighted by Gasteiger charge is -2.38. The van der Waals surface area contributed by atoms with Crippen molar-refractivity contribution in [2.45, 2.75) is 31.5 Å². The van der Waals surface area contributed by atoms with Crippen LogP contribution in [-0.4, -0.2) is 59.1 Å². The van der Waals surface area contributed by atoms with Gasteiger partial charge < -0.3 is 10.2 Å². The van der Waals surface area contributed by atoms with Crippen LogP contribution in [0.4, 0.5) is 23.4 Å². The van der Waals surface area contributed by atoms with Crippen LogP contribution in [0.2, 0.25) is 0 Å². The fourth-order valence-electron chi connectivity index (χ4n) is 5.49. The number of anilines is 1. The summed E-state index contributed by atoms with van der Waals surface area (Å²) in [6.45, 7) is 1.92. The van der Waals surface area contributed by atoms with E-state index in [1.165, 1.54) is 46.2 Å². The lowest BCUT2D eigenvalue weighted by Crippen LogP contribution is -2.55. The monoisotopic (exact) mass is 633 g/mol. The van der Waals surface area contributed by atoms with Crippen LogP contribution in [0.5, 0.6) is 0 Å². The number of fused-ring (bicyclic) bond motifs is 1.